The van der Waals surface area contributed by atoms with E-state index in [0.717, 1.165) is 5.56 Å². The van der Waals surface area contributed by atoms with Gasteiger partial charge in [-0.3, -0.25) is 4.79 Å². The molecule has 0 spiro atoms. The van der Waals surface area contributed by atoms with Crippen LogP contribution >= 0.6 is 11.6 Å². The molecule has 0 amide bonds. The number of halogens is 1. The van der Waals surface area contributed by atoms with Gasteiger partial charge in [0.05, 0.1) is 5.38 Å². The average Bonchev–Trinajstić information content (AvgIpc) is 2.06. The Morgan fingerprint density at radius 1 is 1.42 bits per heavy atom. The third-order valence-corrected chi connectivity index (χ3v) is 1.91. The molecule has 12 heavy (non-hydrogen) atoms. The van der Waals surface area contributed by atoms with E-state index in [0.29, 0.717) is 6.42 Å². The lowest BCUT2D eigenvalue weighted by Gasteiger charge is -2.01. The van der Waals surface area contributed by atoms with Crippen LogP contribution in [0, 0.1) is 0 Å². The van der Waals surface area contributed by atoms with Crippen LogP contribution in [0.4, 0.5) is 0 Å². The topological polar surface area (TPSA) is 17.1 Å². The van der Waals surface area contributed by atoms with Crippen molar-refractivity contribution in [1.29, 1.82) is 0 Å². The fraction of sp³-hybridized carbons (Fsp3) is 0.300. The molecule has 0 aliphatic heterocycles. The molecule has 64 valence electrons. The highest BCUT2D eigenvalue weighted by molar-refractivity contribution is 6.30. The van der Waals surface area contributed by atoms with E-state index in [2.05, 4.69) is 0 Å². The van der Waals surface area contributed by atoms with Crippen molar-refractivity contribution in [3.8, 4) is 0 Å². The van der Waals surface area contributed by atoms with E-state index in [1.54, 1.807) is 6.92 Å². The second kappa shape index (κ2) is 4.27. The molecule has 2 heteroatoms. The van der Waals surface area contributed by atoms with Gasteiger partial charge in [0.2, 0.25) is 0 Å². The summed E-state index contributed by atoms with van der Waals surface area (Å²) < 4.78 is 0. The minimum absolute atomic E-state index is 0.0721. The summed E-state index contributed by atoms with van der Waals surface area (Å²) in [4.78, 5) is 11.2. The number of alkyl halides is 1. The third-order valence-electron chi connectivity index (χ3n) is 1.66. The van der Waals surface area contributed by atoms with Gasteiger partial charge in [-0.1, -0.05) is 30.3 Å². The van der Waals surface area contributed by atoms with E-state index in [4.69, 9.17) is 11.6 Å². The molecule has 0 saturated heterocycles. The molecule has 0 N–H and O–H groups in total. The first-order valence-corrected chi connectivity index (χ1v) is 4.34. The number of Topliss-reactive ketones (excluding diaryl/α,β-unsaturated/α-hetero) is 1. The van der Waals surface area contributed by atoms with Crippen molar-refractivity contribution in [3.63, 3.8) is 0 Å². The summed E-state index contributed by atoms with van der Waals surface area (Å²) >= 11 is 5.63. The first-order valence-electron chi connectivity index (χ1n) is 3.91. The van der Waals surface area contributed by atoms with Crippen molar-refractivity contribution in [1.82, 2.24) is 0 Å². The molecule has 1 nitrogen and oxygen atoms in total. The summed E-state index contributed by atoms with van der Waals surface area (Å²) in [5, 5.41) is -0.384. The van der Waals surface area contributed by atoms with Gasteiger partial charge in [0, 0.05) is 6.42 Å². The quantitative estimate of drug-likeness (QED) is 0.657. The smallest absolute Gasteiger partial charge is 0.154 e. The van der Waals surface area contributed by atoms with Gasteiger partial charge in [0.1, 0.15) is 0 Å². The van der Waals surface area contributed by atoms with Gasteiger partial charge in [-0.2, -0.15) is 0 Å². The standard InChI is InChI=1S/C10H11ClO/c1-8(11)10(12)7-9-5-3-2-4-6-9/h2-6,8H,7H2,1H3/t8-/m1/s1. The zero-order valence-electron chi connectivity index (χ0n) is 6.96. The Bertz CT molecular complexity index is 254. The Balaban J connectivity index is 2.59. The Morgan fingerprint density at radius 2 is 2.00 bits per heavy atom. The van der Waals surface area contributed by atoms with E-state index in [-0.39, 0.29) is 11.2 Å². The molecule has 1 atom stereocenters. The first kappa shape index (κ1) is 9.27. The zero-order chi connectivity index (χ0) is 8.97. The minimum atomic E-state index is -0.384. The maximum absolute atomic E-state index is 11.2. The average molecular weight is 183 g/mol. The number of carbonyl (C=O) groups is 1. The largest absolute Gasteiger partial charge is 0.298 e. The number of carbonyl (C=O) groups excluding carboxylic acids is 1. The summed E-state index contributed by atoms with van der Waals surface area (Å²) in [5.41, 5.74) is 1.02. The molecule has 0 unspecified atom stereocenters. The van der Waals surface area contributed by atoms with Gasteiger partial charge in [-0.25, -0.2) is 0 Å². The summed E-state index contributed by atoms with van der Waals surface area (Å²) in [6.45, 7) is 1.70. The summed E-state index contributed by atoms with van der Waals surface area (Å²) in [7, 11) is 0. The van der Waals surface area contributed by atoms with Crippen LogP contribution in [0.5, 0.6) is 0 Å². The van der Waals surface area contributed by atoms with Crippen LogP contribution in [-0.4, -0.2) is 11.2 Å². The summed E-state index contributed by atoms with van der Waals surface area (Å²) in [5.74, 6) is 0.0721. The molecule has 0 saturated carbocycles. The van der Waals surface area contributed by atoms with Crippen LogP contribution in [0.25, 0.3) is 0 Å². The first-order chi connectivity index (χ1) is 5.70. The normalized spacial score (nSPS) is 12.5. The van der Waals surface area contributed by atoms with Gasteiger partial charge < -0.3 is 0 Å². The maximum atomic E-state index is 11.2. The van der Waals surface area contributed by atoms with E-state index < -0.39 is 0 Å². The predicted molar refractivity (Wildman–Crippen MR) is 50.5 cm³/mol. The fourth-order valence-corrected chi connectivity index (χ4v) is 1.01. The Hall–Kier alpha value is -0.820. The van der Waals surface area contributed by atoms with Crippen LogP contribution < -0.4 is 0 Å². The molecule has 1 aromatic carbocycles. The minimum Gasteiger partial charge on any atom is -0.298 e. The second-order valence-corrected chi connectivity index (χ2v) is 3.40. The fourth-order valence-electron chi connectivity index (χ4n) is 0.938. The molecule has 0 bridgehead atoms. The van der Waals surface area contributed by atoms with Crippen molar-refractivity contribution >= 4 is 17.4 Å². The van der Waals surface area contributed by atoms with Crippen LogP contribution in [0.2, 0.25) is 0 Å². The van der Waals surface area contributed by atoms with Gasteiger partial charge >= 0.3 is 0 Å². The predicted octanol–water partition coefficient (Wildman–Crippen LogP) is 2.43. The van der Waals surface area contributed by atoms with Crippen LogP contribution in [0.15, 0.2) is 30.3 Å². The van der Waals surface area contributed by atoms with E-state index >= 15 is 0 Å². The number of hydrogen-bond acceptors (Lipinski definition) is 1. The highest BCUT2D eigenvalue weighted by atomic mass is 35.5. The third kappa shape index (κ3) is 2.67. The lowest BCUT2D eigenvalue weighted by molar-refractivity contribution is -0.117. The zero-order valence-corrected chi connectivity index (χ0v) is 7.71. The van der Waals surface area contributed by atoms with Crippen molar-refractivity contribution in [2.45, 2.75) is 18.7 Å². The van der Waals surface area contributed by atoms with E-state index in [1.165, 1.54) is 0 Å². The highest BCUT2D eigenvalue weighted by Crippen LogP contribution is 2.04. The molecular formula is C10H11ClO. The van der Waals surface area contributed by atoms with Crippen molar-refractivity contribution in [2.75, 3.05) is 0 Å². The monoisotopic (exact) mass is 182 g/mol. The van der Waals surface area contributed by atoms with Crippen molar-refractivity contribution in [3.05, 3.63) is 35.9 Å². The molecular weight excluding hydrogens is 172 g/mol. The molecule has 1 rings (SSSR count). The number of rotatable bonds is 3. The summed E-state index contributed by atoms with van der Waals surface area (Å²) in [6.07, 6.45) is 0.436. The Labute approximate surface area is 77.4 Å². The Morgan fingerprint density at radius 3 is 2.50 bits per heavy atom. The van der Waals surface area contributed by atoms with Gasteiger partial charge in [0.15, 0.2) is 5.78 Å². The van der Waals surface area contributed by atoms with Crippen LogP contribution in [-0.2, 0) is 11.2 Å². The lowest BCUT2D eigenvalue weighted by Crippen LogP contribution is -2.12. The SMILES string of the molecule is C[C@@H](Cl)C(=O)Cc1ccccc1. The molecule has 0 aliphatic carbocycles. The molecule has 0 heterocycles. The van der Waals surface area contributed by atoms with Crippen molar-refractivity contribution in [2.24, 2.45) is 0 Å². The molecule has 0 aromatic heterocycles. The van der Waals surface area contributed by atoms with Gasteiger partial charge in [-0.05, 0) is 12.5 Å². The number of ketones is 1. The molecule has 0 radical (unpaired) electrons. The van der Waals surface area contributed by atoms with Crippen LogP contribution in [0.3, 0.4) is 0 Å². The van der Waals surface area contributed by atoms with Crippen LogP contribution in [0.1, 0.15) is 12.5 Å². The molecule has 0 fully saturated rings. The summed E-state index contributed by atoms with van der Waals surface area (Å²) in [6, 6.07) is 9.62. The van der Waals surface area contributed by atoms with E-state index in [1.807, 2.05) is 30.3 Å². The van der Waals surface area contributed by atoms with E-state index in [9.17, 15) is 4.79 Å². The molecule has 1 aromatic rings. The van der Waals surface area contributed by atoms with Gasteiger partial charge in [0.25, 0.3) is 0 Å². The number of benzene rings is 1. The lowest BCUT2D eigenvalue weighted by atomic mass is 10.1. The molecule has 0 aliphatic rings. The highest BCUT2D eigenvalue weighted by Gasteiger charge is 2.08. The van der Waals surface area contributed by atoms with Crippen molar-refractivity contribution < 1.29 is 4.79 Å². The second-order valence-electron chi connectivity index (χ2n) is 2.74. The van der Waals surface area contributed by atoms with Gasteiger partial charge in [-0.15, -0.1) is 11.6 Å². The Kier molecular flexibility index (Phi) is 3.30. The number of hydrogen-bond donors (Lipinski definition) is 0. The maximum Gasteiger partial charge on any atom is 0.154 e.